The Kier molecular flexibility index (Phi) is 7.63. The van der Waals surface area contributed by atoms with Crippen LogP contribution >= 0.6 is 36.4 Å². The van der Waals surface area contributed by atoms with Crippen molar-refractivity contribution in [1.82, 2.24) is 25.5 Å². The first-order valence-corrected chi connectivity index (χ1v) is 12.9. The smallest absolute Gasteiger partial charge is 0.250 e. The van der Waals surface area contributed by atoms with E-state index in [1.165, 1.54) is 19.2 Å². The topological polar surface area (TPSA) is 160 Å². The number of sulfonamides is 1. The molecule has 15 heteroatoms. The molecular weight excluding hydrogens is 548 g/mol. The van der Waals surface area contributed by atoms with E-state index < -0.39 is 10.0 Å². The number of aromatic amines is 1. The van der Waals surface area contributed by atoms with Crippen molar-refractivity contribution in [2.24, 2.45) is 5.14 Å². The SMILES string of the molecule is COc1ccc(-c2nc(-c3n[nH]nc3CCN(O)C(=S)S)oc2-c2ccc(S(N)(=O)=O)cc2)cc1Cl. The van der Waals surface area contributed by atoms with Gasteiger partial charge in [0.15, 0.2) is 15.8 Å². The Morgan fingerprint density at radius 2 is 1.92 bits per heavy atom. The zero-order valence-electron chi connectivity index (χ0n) is 18.5. The van der Waals surface area contributed by atoms with E-state index in [-0.39, 0.29) is 28.1 Å². The van der Waals surface area contributed by atoms with Crippen molar-refractivity contribution >= 4 is 50.8 Å². The minimum Gasteiger partial charge on any atom is -0.495 e. The van der Waals surface area contributed by atoms with Gasteiger partial charge in [0.05, 0.1) is 29.3 Å². The standard InChI is InChI=1S/C21H19ClN6O5S3/c1-32-16-7-4-12(10-14(16)22)17-19(11-2-5-13(6-3-11)36(23,30)31)33-20(24-17)18-15(25-27-26-18)8-9-28(29)21(34)35/h2-7,10,29H,8-9H2,1H3,(H,34,35)(H2,23,30,31)(H,25,26,27). The lowest BCUT2D eigenvalue weighted by atomic mass is 10.1. The first-order valence-electron chi connectivity index (χ1n) is 10.2. The van der Waals surface area contributed by atoms with Crippen molar-refractivity contribution in [1.29, 1.82) is 0 Å². The van der Waals surface area contributed by atoms with Gasteiger partial charge in [-0.15, -0.1) is 12.6 Å². The van der Waals surface area contributed by atoms with Crippen LogP contribution in [-0.2, 0) is 16.4 Å². The molecule has 0 bridgehead atoms. The normalized spacial score (nSPS) is 11.5. The Labute approximate surface area is 221 Å². The second kappa shape index (κ2) is 10.5. The van der Waals surface area contributed by atoms with Crippen LogP contribution in [0.15, 0.2) is 51.8 Å². The minimum absolute atomic E-state index is 0.0139. The van der Waals surface area contributed by atoms with E-state index in [9.17, 15) is 13.6 Å². The van der Waals surface area contributed by atoms with Crippen LogP contribution in [-0.4, -0.2) is 57.1 Å². The summed E-state index contributed by atoms with van der Waals surface area (Å²) >= 11 is 15.1. The van der Waals surface area contributed by atoms with Gasteiger partial charge in [0.25, 0.3) is 0 Å². The number of primary sulfonamides is 1. The molecule has 11 nitrogen and oxygen atoms in total. The molecule has 188 valence electrons. The molecule has 0 unspecified atom stereocenters. The van der Waals surface area contributed by atoms with Crippen LogP contribution < -0.4 is 9.88 Å². The third-order valence-electron chi connectivity index (χ3n) is 5.10. The molecule has 4 aromatic rings. The fraction of sp³-hybridized carbons (Fsp3) is 0.143. The zero-order valence-corrected chi connectivity index (χ0v) is 21.8. The van der Waals surface area contributed by atoms with Gasteiger partial charge in [-0.25, -0.2) is 23.6 Å². The molecule has 4 N–H and O–H groups in total. The number of methoxy groups -OCH3 is 1. The van der Waals surface area contributed by atoms with Crippen molar-refractivity contribution in [3.05, 3.63) is 53.2 Å². The zero-order chi connectivity index (χ0) is 26.0. The van der Waals surface area contributed by atoms with E-state index in [2.05, 4.69) is 33.0 Å². The number of oxazole rings is 1. The van der Waals surface area contributed by atoms with Crippen LogP contribution in [0.5, 0.6) is 5.75 Å². The average Bonchev–Trinajstić information content (AvgIpc) is 3.49. The Morgan fingerprint density at radius 3 is 2.53 bits per heavy atom. The van der Waals surface area contributed by atoms with Gasteiger partial charge < -0.3 is 9.15 Å². The molecule has 0 aliphatic rings. The van der Waals surface area contributed by atoms with E-state index in [0.717, 1.165) is 5.06 Å². The Morgan fingerprint density at radius 1 is 1.22 bits per heavy atom. The van der Waals surface area contributed by atoms with Gasteiger partial charge in [0, 0.05) is 17.5 Å². The lowest BCUT2D eigenvalue weighted by molar-refractivity contribution is -0.00666. The molecule has 0 radical (unpaired) electrons. The van der Waals surface area contributed by atoms with Gasteiger partial charge in [-0.2, -0.15) is 15.4 Å². The molecule has 0 spiro atoms. The van der Waals surface area contributed by atoms with Gasteiger partial charge in [-0.1, -0.05) is 23.8 Å². The van der Waals surface area contributed by atoms with Crippen molar-refractivity contribution in [3.8, 4) is 39.9 Å². The third kappa shape index (κ3) is 5.53. The highest BCUT2D eigenvalue weighted by Crippen LogP contribution is 2.38. The summed E-state index contributed by atoms with van der Waals surface area (Å²) in [4.78, 5) is 4.59. The number of nitrogens with two attached hydrogens (primary N) is 1. The van der Waals surface area contributed by atoms with Crippen molar-refractivity contribution in [2.45, 2.75) is 11.3 Å². The van der Waals surface area contributed by atoms with E-state index in [1.807, 2.05) is 0 Å². The summed E-state index contributed by atoms with van der Waals surface area (Å²) < 4.78 is 34.7. The molecule has 2 heterocycles. The highest BCUT2D eigenvalue weighted by atomic mass is 35.5. The van der Waals surface area contributed by atoms with Crippen molar-refractivity contribution in [3.63, 3.8) is 0 Å². The highest BCUT2D eigenvalue weighted by molar-refractivity contribution is 8.10. The van der Waals surface area contributed by atoms with Crippen molar-refractivity contribution < 1.29 is 22.8 Å². The second-order valence-corrected chi connectivity index (χ2v) is 10.5. The average molecular weight is 567 g/mol. The summed E-state index contributed by atoms with van der Waals surface area (Å²) in [5, 5.41) is 27.0. The maximum atomic E-state index is 11.7. The van der Waals surface area contributed by atoms with E-state index in [4.69, 9.17) is 38.1 Å². The lowest BCUT2D eigenvalue weighted by Crippen LogP contribution is -2.24. The number of hydroxylamine groups is 2. The van der Waals surface area contributed by atoms with Crippen LogP contribution in [0.1, 0.15) is 5.69 Å². The number of thiocarbonyl (C=S) groups is 1. The number of ether oxygens (including phenoxy) is 1. The number of hydrogen-bond donors (Lipinski definition) is 4. The molecule has 0 saturated carbocycles. The molecule has 0 atom stereocenters. The molecule has 0 saturated heterocycles. The first kappa shape index (κ1) is 26.1. The summed E-state index contributed by atoms with van der Waals surface area (Å²) in [6.45, 7) is 0.116. The molecule has 2 aromatic heterocycles. The summed E-state index contributed by atoms with van der Waals surface area (Å²) in [6, 6.07) is 11.0. The fourth-order valence-corrected chi connectivity index (χ4v) is 4.29. The number of benzene rings is 2. The molecule has 4 rings (SSSR count). The van der Waals surface area contributed by atoms with Crippen LogP contribution in [0.25, 0.3) is 34.2 Å². The Balaban J connectivity index is 1.80. The van der Waals surface area contributed by atoms with E-state index in [0.29, 0.717) is 44.7 Å². The van der Waals surface area contributed by atoms with Crippen LogP contribution in [0.4, 0.5) is 0 Å². The molecule has 0 aliphatic heterocycles. The number of thiol groups is 1. The summed E-state index contributed by atoms with van der Waals surface area (Å²) in [6.07, 6.45) is 0.257. The minimum atomic E-state index is -3.87. The lowest BCUT2D eigenvalue weighted by Gasteiger charge is -2.12. The quantitative estimate of drug-likeness (QED) is 0.141. The largest absolute Gasteiger partial charge is 0.495 e. The van der Waals surface area contributed by atoms with E-state index in [1.54, 1.807) is 30.3 Å². The third-order valence-corrected chi connectivity index (χ3v) is 6.77. The summed E-state index contributed by atoms with van der Waals surface area (Å²) in [7, 11) is -2.36. The molecule has 36 heavy (non-hydrogen) atoms. The summed E-state index contributed by atoms with van der Waals surface area (Å²) in [5.74, 6) is 0.961. The molecule has 2 aromatic carbocycles. The number of H-pyrrole nitrogens is 1. The van der Waals surface area contributed by atoms with E-state index >= 15 is 0 Å². The fourth-order valence-electron chi connectivity index (χ4n) is 3.33. The molecule has 0 amide bonds. The second-order valence-electron chi connectivity index (χ2n) is 7.39. The van der Waals surface area contributed by atoms with Crippen LogP contribution in [0, 0.1) is 0 Å². The van der Waals surface area contributed by atoms with Gasteiger partial charge >= 0.3 is 0 Å². The highest BCUT2D eigenvalue weighted by Gasteiger charge is 2.23. The summed E-state index contributed by atoms with van der Waals surface area (Å²) in [5.41, 5.74) is 2.37. The molecule has 0 fully saturated rings. The Bertz CT molecular complexity index is 1520. The van der Waals surface area contributed by atoms with Gasteiger partial charge in [0.2, 0.25) is 15.9 Å². The number of nitrogens with one attached hydrogen (secondary N) is 1. The predicted molar refractivity (Wildman–Crippen MR) is 139 cm³/mol. The van der Waals surface area contributed by atoms with Gasteiger partial charge in [-0.3, -0.25) is 5.21 Å². The number of halogens is 1. The number of hydrogen-bond acceptors (Lipinski definition) is 9. The maximum Gasteiger partial charge on any atom is 0.250 e. The van der Waals surface area contributed by atoms with Gasteiger partial charge in [0.1, 0.15) is 11.4 Å². The maximum absolute atomic E-state index is 11.7. The first-order chi connectivity index (χ1) is 17.1. The number of rotatable bonds is 8. The van der Waals surface area contributed by atoms with Crippen LogP contribution in [0.3, 0.4) is 0 Å². The van der Waals surface area contributed by atoms with Crippen molar-refractivity contribution in [2.75, 3.05) is 13.7 Å². The Hall–Kier alpha value is -3.01. The number of aromatic nitrogens is 4. The van der Waals surface area contributed by atoms with Crippen LogP contribution in [0.2, 0.25) is 5.02 Å². The molecule has 0 aliphatic carbocycles. The monoisotopic (exact) mass is 566 g/mol. The van der Waals surface area contributed by atoms with Gasteiger partial charge in [-0.05, 0) is 42.5 Å². The predicted octanol–water partition coefficient (Wildman–Crippen LogP) is 3.55. The molecular formula is C21H19ClN6O5S3. The number of nitrogens with zero attached hydrogens (tertiary/aromatic N) is 4.